The number of hydrogen-bond acceptors (Lipinski definition) is 3. The maximum absolute atomic E-state index is 12.3. The Hall–Kier alpha value is -1.39. The molecule has 2 unspecified atom stereocenters. The third-order valence-corrected chi connectivity index (χ3v) is 3.41. The normalized spacial score (nSPS) is 25.8. The lowest BCUT2D eigenvalue weighted by Crippen LogP contribution is -2.51. The van der Waals surface area contributed by atoms with Crippen LogP contribution in [0.4, 0.5) is 0 Å². The fourth-order valence-electron chi connectivity index (χ4n) is 2.41. The average molecular weight is 248 g/mol. The van der Waals surface area contributed by atoms with Gasteiger partial charge >= 0.3 is 0 Å². The van der Waals surface area contributed by atoms with Crippen molar-refractivity contribution in [2.45, 2.75) is 31.4 Å². The summed E-state index contributed by atoms with van der Waals surface area (Å²) in [6.07, 6.45) is 1.55. The SMILES string of the molecule is CC1(O)CCCN(C(=O)C(N)c2ccccc2)C1. The fourth-order valence-corrected chi connectivity index (χ4v) is 2.41. The highest BCUT2D eigenvalue weighted by atomic mass is 16.3. The van der Waals surface area contributed by atoms with Crippen molar-refractivity contribution >= 4 is 5.91 Å². The molecule has 1 amide bonds. The van der Waals surface area contributed by atoms with Crippen molar-refractivity contribution in [1.82, 2.24) is 4.90 Å². The van der Waals surface area contributed by atoms with E-state index in [4.69, 9.17) is 5.73 Å². The molecule has 1 aliphatic rings. The molecule has 0 aromatic heterocycles. The molecule has 0 radical (unpaired) electrons. The van der Waals surface area contributed by atoms with Crippen LogP contribution in [0.1, 0.15) is 31.4 Å². The average Bonchev–Trinajstić information content (AvgIpc) is 2.37. The first-order valence-corrected chi connectivity index (χ1v) is 6.31. The van der Waals surface area contributed by atoms with Crippen molar-refractivity contribution in [3.05, 3.63) is 35.9 Å². The number of nitrogens with two attached hydrogens (primary N) is 1. The van der Waals surface area contributed by atoms with Crippen molar-refractivity contribution in [2.75, 3.05) is 13.1 Å². The largest absolute Gasteiger partial charge is 0.388 e. The lowest BCUT2D eigenvalue weighted by atomic mass is 9.94. The molecule has 98 valence electrons. The van der Waals surface area contributed by atoms with E-state index < -0.39 is 11.6 Å². The van der Waals surface area contributed by atoms with E-state index in [9.17, 15) is 9.90 Å². The molecular weight excluding hydrogens is 228 g/mol. The molecule has 4 heteroatoms. The maximum Gasteiger partial charge on any atom is 0.244 e. The van der Waals surface area contributed by atoms with Crippen LogP contribution in [-0.4, -0.2) is 34.6 Å². The van der Waals surface area contributed by atoms with Crippen molar-refractivity contribution in [3.8, 4) is 0 Å². The second-order valence-corrected chi connectivity index (χ2v) is 5.25. The Kier molecular flexibility index (Phi) is 3.68. The summed E-state index contributed by atoms with van der Waals surface area (Å²) < 4.78 is 0. The van der Waals surface area contributed by atoms with E-state index in [0.29, 0.717) is 13.1 Å². The first-order chi connectivity index (χ1) is 8.49. The van der Waals surface area contributed by atoms with Crippen molar-refractivity contribution in [2.24, 2.45) is 5.73 Å². The van der Waals surface area contributed by atoms with Crippen molar-refractivity contribution in [1.29, 1.82) is 0 Å². The summed E-state index contributed by atoms with van der Waals surface area (Å²) in [6, 6.07) is 8.70. The van der Waals surface area contributed by atoms with Gasteiger partial charge in [-0.25, -0.2) is 0 Å². The third-order valence-electron chi connectivity index (χ3n) is 3.41. The van der Waals surface area contributed by atoms with E-state index in [1.165, 1.54) is 0 Å². The van der Waals surface area contributed by atoms with E-state index >= 15 is 0 Å². The first-order valence-electron chi connectivity index (χ1n) is 6.31. The highest BCUT2D eigenvalue weighted by Gasteiger charge is 2.33. The fraction of sp³-hybridized carbons (Fsp3) is 0.500. The van der Waals surface area contributed by atoms with Crippen LogP contribution >= 0.6 is 0 Å². The summed E-state index contributed by atoms with van der Waals surface area (Å²) >= 11 is 0. The van der Waals surface area contributed by atoms with Gasteiger partial charge in [-0.3, -0.25) is 4.79 Å². The van der Waals surface area contributed by atoms with Crippen LogP contribution in [0.3, 0.4) is 0 Å². The van der Waals surface area contributed by atoms with Gasteiger partial charge in [0.15, 0.2) is 0 Å². The molecule has 4 nitrogen and oxygen atoms in total. The lowest BCUT2D eigenvalue weighted by molar-refractivity contribution is -0.139. The molecule has 0 bridgehead atoms. The van der Waals surface area contributed by atoms with Gasteiger partial charge in [0, 0.05) is 13.1 Å². The minimum Gasteiger partial charge on any atom is -0.388 e. The van der Waals surface area contributed by atoms with Crippen LogP contribution < -0.4 is 5.73 Å². The molecule has 1 aliphatic heterocycles. The van der Waals surface area contributed by atoms with E-state index in [0.717, 1.165) is 18.4 Å². The van der Waals surface area contributed by atoms with Gasteiger partial charge in [-0.15, -0.1) is 0 Å². The van der Waals surface area contributed by atoms with Crippen LogP contribution in [0.2, 0.25) is 0 Å². The summed E-state index contributed by atoms with van der Waals surface area (Å²) in [7, 11) is 0. The van der Waals surface area contributed by atoms with E-state index in [1.807, 2.05) is 30.3 Å². The third kappa shape index (κ3) is 2.89. The number of β-amino-alcohol motifs (C(OH)–C–C–N with tert-alkyl or cyclic N) is 1. The van der Waals surface area contributed by atoms with Crippen LogP contribution in [0.5, 0.6) is 0 Å². The monoisotopic (exact) mass is 248 g/mol. The minimum absolute atomic E-state index is 0.110. The number of nitrogens with zero attached hydrogens (tertiary/aromatic N) is 1. The summed E-state index contributed by atoms with van der Waals surface area (Å²) in [6.45, 7) is 2.81. The molecule has 1 fully saturated rings. The lowest BCUT2D eigenvalue weighted by Gasteiger charge is -2.38. The highest BCUT2D eigenvalue weighted by molar-refractivity contribution is 5.83. The van der Waals surface area contributed by atoms with Crippen LogP contribution in [0, 0.1) is 0 Å². The van der Waals surface area contributed by atoms with Gasteiger partial charge in [0.05, 0.1) is 5.60 Å². The molecule has 1 aromatic carbocycles. The van der Waals surface area contributed by atoms with Crippen LogP contribution in [0.25, 0.3) is 0 Å². The van der Waals surface area contributed by atoms with E-state index in [1.54, 1.807) is 11.8 Å². The number of aliphatic hydroxyl groups is 1. The van der Waals surface area contributed by atoms with Gasteiger partial charge in [0.1, 0.15) is 6.04 Å². The Morgan fingerprint density at radius 2 is 2.11 bits per heavy atom. The van der Waals surface area contributed by atoms with Gasteiger partial charge in [-0.05, 0) is 25.3 Å². The Labute approximate surface area is 107 Å². The number of carbonyl (C=O) groups excluding carboxylic acids is 1. The smallest absolute Gasteiger partial charge is 0.244 e. The number of amides is 1. The van der Waals surface area contributed by atoms with Gasteiger partial charge in [0.2, 0.25) is 5.91 Å². The molecule has 1 saturated heterocycles. The zero-order valence-corrected chi connectivity index (χ0v) is 10.7. The summed E-state index contributed by atoms with van der Waals surface area (Å²) in [5.74, 6) is -0.110. The standard InChI is InChI=1S/C14H20N2O2/c1-14(18)8-5-9-16(10-14)13(17)12(15)11-6-3-2-4-7-11/h2-4,6-7,12,18H,5,8-10,15H2,1H3. The predicted molar refractivity (Wildman–Crippen MR) is 69.8 cm³/mol. The molecule has 2 rings (SSSR count). The Morgan fingerprint density at radius 3 is 2.72 bits per heavy atom. The van der Waals surface area contributed by atoms with Gasteiger partial charge in [0.25, 0.3) is 0 Å². The molecular formula is C14H20N2O2. The molecule has 3 N–H and O–H groups in total. The molecule has 0 aliphatic carbocycles. The predicted octanol–water partition coefficient (Wildman–Crippen LogP) is 1.06. The molecule has 0 spiro atoms. The Morgan fingerprint density at radius 1 is 1.44 bits per heavy atom. The number of carbonyl (C=O) groups is 1. The summed E-state index contributed by atoms with van der Waals surface area (Å²) in [5.41, 5.74) is 6.01. The minimum atomic E-state index is -0.787. The zero-order valence-electron chi connectivity index (χ0n) is 10.7. The maximum atomic E-state index is 12.3. The summed E-state index contributed by atoms with van der Waals surface area (Å²) in [4.78, 5) is 13.9. The second kappa shape index (κ2) is 5.08. The number of benzene rings is 1. The molecule has 2 atom stereocenters. The number of hydrogen-bond donors (Lipinski definition) is 2. The quantitative estimate of drug-likeness (QED) is 0.822. The Balaban J connectivity index is 2.07. The van der Waals surface area contributed by atoms with Gasteiger partial charge in [-0.1, -0.05) is 30.3 Å². The van der Waals surface area contributed by atoms with Gasteiger partial charge in [-0.2, -0.15) is 0 Å². The first kappa shape index (κ1) is 13.1. The van der Waals surface area contributed by atoms with E-state index in [-0.39, 0.29) is 5.91 Å². The number of likely N-dealkylation sites (tertiary alicyclic amines) is 1. The topological polar surface area (TPSA) is 66.6 Å². The number of rotatable bonds is 2. The molecule has 1 aromatic rings. The summed E-state index contributed by atoms with van der Waals surface area (Å²) in [5, 5.41) is 10.0. The molecule has 1 heterocycles. The highest BCUT2D eigenvalue weighted by Crippen LogP contribution is 2.23. The second-order valence-electron chi connectivity index (χ2n) is 5.25. The molecule has 18 heavy (non-hydrogen) atoms. The van der Waals surface area contributed by atoms with Crippen molar-refractivity contribution < 1.29 is 9.90 Å². The van der Waals surface area contributed by atoms with Crippen molar-refractivity contribution in [3.63, 3.8) is 0 Å². The zero-order chi connectivity index (χ0) is 13.2. The van der Waals surface area contributed by atoms with Crippen LogP contribution in [0.15, 0.2) is 30.3 Å². The number of piperidine rings is 1. The van der Waals surface area contributed by atoms with Gasteiger partial charge < -0.3 is 15.7 Å². The molecule has 0 saturated carbocycles. The Bertz CT molecular complexity index is 417. The van der Waals surface area contributed by atoms with Crippen LogP contribution in [-0.2, 0) is 4.79 Å². The van der Waals surface area contributed by atoms with E-state index in [2.05, 4.69) is 0 Å².